The molecule has 15 heavy (non-hydrogen) atoms. The molecule has 1 heterocycles. The Labute approximate surface area is 89.1 Å². The monoisotopic (exact) mass is 207 g/mol. The first kappa shape index (κ1) is 10.2. The molecule has 1 aromatic rings. The predicted molar refractivity (Wildman–Crippen MR) is 59.9 cm³/mol. The Balaban J connectivity index is 1.85. The summed E-state index contributed by atoms with van der Waals surface area (Å²) >= 11 is 0. The summed E-state index contributed by atoms with van der Waals surface area (Å²) in [4.78, 5) is 17.6. The van der Waals surface area contributed by atoms with Crippen molar-refractivity contribution in [1.29, 1.82) is 0 Å². The maximum absolute atomic E-state index is 11.0. The first-order valence-corrected chi connectivity index (χ1v) is 5.52. The largest absolute Gasteiger partial charge is 0.370 e. The Morgan fingerprint density at radius 1 is 1.60 bits per heavy atom. The molecule has 0 aliphatic heterocycles. The Hall–Kier alpha value is -1.32. The number of anilines is 1. The van der Waals surface area contributed by atoms with Crippen molar-refractivity contribution in [2.75, 3.05) is 11.9 Å². The summed E-state index contributed by atoms with van der Waals surface area (Å²) in [5, 5.41) is 3.22. The highest BCUT2D eigenvalue weighted by Gasteiger charge is 2.20. The third-order valence-corrected chi connectivity index (χ3v) is 3.05. The summed E-state index contributed by atoms with van der Waals surface area (Å²) in [7, 11) is 0. The number of aromatic nitrogens is 2. The summed E-state index contributed by atoms with van der Waals surface area (Å²) in [5.74, 6) is 2.27. The zero-order valence-electron chi connectivity index (χ0n) is 8.99. The SMILES string of the molecule is CC1CCC(CNc2cc(=O)[nH]cn2)C1. The number of nitrogens with zero attached hydrogens (tertiary/aromatic N) is 1. The number of hydrogen-bond acceptors (Lipinski definition) is 3. The van der Waals surface area contributed by atoms with Gasteiger partial charge in [-0.25, -0.2) is 4.98 Å². The van der Waals surface area contributed by atoms with Crippen molar-refractivity contribution in [1.82, 2.24) is 9.97 Å². The molecule has 1 saturated carbocycles. The first-order valence-electron chi connectivity index (χ1n) is 5.52. The molecule has 0 spiro atoms. The smallest absolute Gasteiger partial charge is 0.252 e. The van der Waals surface area contributed by atoms with Crippen molar-refractivity contribution in [3.8, 4) is 0 Å². The molecule has 2 rings (SSSR count). The molecule has 2 atom stereocenters. The van der Waals surface area contributed by atoms with Crippen LogP contribution in [0.5, 0.6) is 0 Å². The standard InChI is InChI=1S/C11H17N3O/c1-8-2-3-9(4-8)6-12-10-5-11(15)14-7-13-10/h5,7-9H,2-4,6H2,1H3,(H2,12,13,14,15). The van der Waals surface area contributed by atoms with Gasteiger partial charge in [-0.2, -0.15) is 0 Å². The molecule has 0 radical (unpaired) electrons. The average molecular weight is 207 g/mol. The van der Waals surface area contributed by atoms with Gasteiger partial charge in [-0.05, 0) is 24.7 Å². The van der Waals surface area contributed by atoms with Crippen LogP contribution < -0.4 is 10.9 Å². The average Bonchev–Trinajstić information content (AvgIpc) is 2.62. The van der Waals surface area contributed by atoms with Crippen LogP contribution in [0, 0.1) is 11.8 Å². The van der Waals surface area contributed by atoms with E-state index in [1.807, 2.05) is 0 Å². The van der Waals surface area contributed by atoms with Gasteiger partial charge in [-0.15, -0.1) is 0 Å². The van der Waals surface area contributed by atoms with Gasteiger partial charge < -0.3 is 10.3 Å². The summed E-state index contributed by atoms with van der Waals surface area (Å²) < 4.78 is 0. The van der Waals surface area contributed by atoms with Gasteiger partial charge in [0.15, 0.2) is 0 Å². The molecule has 4 nitrogen and oxygen atoms in total. The quantitative estimate of drug-likeness (QED) is 0.791. The number of aromatic amines is 1. The molecular weight excluding hydrogens is 190 g/mol. The van der Waals surface area contributed by atoms with E-state index in [4.69, 9.17) is 0 Å². The fourth-order valence-corrected chi connectivity index (χ4v) is 2.22. The van der Waals surface area contributed by atoms with E-state index in [9.17, 15) is 4.79 Å². The molecule has 1 fully saturated rings. The van der Waals surface area contributed by atoms with Crippen LogP contribution in [-0.4, -0.2) is 16.5 Å². The third-order valence-electron chi connectivity index (χ3n) is 3.05. The lowest BCUT2D eigenvalue weighted by Gasteiger charge is -2.10. The van der Waals surface area contributed by atoms with Gasteiger partial charge in [0.05, 0.1) is 6.33 Å². The Morgan fingerprint density at radius 2 is 2.47 bits per heavy atom. The zero-order valence-corrected chi connectivity index (χ0v) is 8.99. The summed E-state index contributed by atoms with van der Waals surface area (Å²) in [6.45, 7) is 3.23. The minimum atomic E-state index is -0.104. The van der Waals surface area contributed by atoms with Crippen LogP contribution in [-0.2, 0) is 0 Å². The number of hydrogen-bond donors (Lipinski definition) is 2. The molecule has 0 saturated heterocycles. The van der Waals surface area contributed by atoms with E-state index in [1.165, 1.54) is 31.7 Å². The lowest BCUT2D eigenvalue weighted by molar-refractivity contribution is 0.536. The lowest BCUT2D eigenvalue weighted by atomic mass is 10.1. The van der Waals surface area contributed by atoms with Gasteiger partial charge in [0.2, 0.25) is 0 Å². The fraction of sp³-hybridized carbons (Fsp3) is 0.636. The Bertz CT molecular complexity index is 374. The number of H-pyrrole nitrogens is 1. The van der Waals surface area contributed by atoms with E-state index >= 15 is 0 Å². The summed E-state index contributed by atoms with van der Waals surface area (Å²) in [5.41, 5.74) is -0.104. The molecule has 0 amide bonds. The van der Waals surface area contributed by atoms with Crippen LogP contribution in [0.3, 0.4) is 0 Å². The third kappa shape index (κ3) is 2.81. The zero-order chi connectivity index (χ0) is 10.7. The van der Waals surface area contributed by atoms with E-state index in [0.29, 0.717) is 5.82 Å². The molecule has 4 heteroatoms. The van der Waals surface area contributed by atoms with Crippen molar-refractivity contribution in [2.24, 2.45) is 11.8 Å². The maximum Gasteiger partial charge on any atom is 0.252 e. The highest BCUT2D eigenvalue weighted by molar-refractivity contribution is 5.31. The Morgan fingerprint density at radius 3 is 3.13 bits per heavy atom. The minimum absolute atomic E-state index is 0.104. The summed E-state index contributed by atoms with van der Waals surface area (Å²) in [6.07, 6.45) is 5.34. The molecule has 2 N–H and O–H groups in total. The van der Waals surface area contributed by atoms with Gasteiger partial charge in [-0.3, -0.25) is 4.79 Å². The molecule has 1 aromatic heterocycles. The van der Waals surface area contributed by atoms with Crippen LogP contribution in [0.4, 0.5) is 5.82 Å². The maximum atomic E-state index is 11.0. The van der Waals surface area contributed by atoms with Crippen LogP contribution in [0.2, 0.25) is 0 Å². The van der Waals surface area contributed by atoms with Crippen LogP contribution in [0.25, 0.3) is 0 Å². The van der Waals surface area contributed by atoms with Crippen molar-refractivity contribution < 1.29 is 0 Å². The number of rotatable bonds is 3. The van der Waals surface area contributed by atoms with Gasteiger partial charge in [0, 0.05) is 12.6 Å². The van der Waals surface area contributed by atoms with Crippen LogP contribution in [0.1, 0.15) is 26.2 Å². The molecule has 1 aliphatic rings. The fourth-order valence-electron chi connectivity index (χ4n) is 2.22. The second kappa shape index (κ2) is 4.47. The highest BCUT2D eigenvalue weighted by atomic mass is 16.1. The Kier molecular flexibility index (Phi) is 3.04. The molecule has 1 aliphatic carbocycles. The predicted octanol–water partition coefficient (Wildman–Crippen LogP) is 1.62. The van der Waals surface area contributed by atoms with Gasteiger partial charge >= 0.3 is 0 Å². The highest BCUT2D eigenvalue weighted by Crippen LogP contribution is 2.30. The summed E-state index contributed by atoms with van der Waals surface area (Å²) in [6, 6.07) is 1.50. The van der Waals surface area contributed by atoms with Gasteiger partial charge in [-0.1, -0.05) is 13.3 Å². The molecule has 82 valence electrons. The van der Waals surface area contributed by atoms with Gasteiger partial charge in [0.1, 0.15) is 5.82 Å². The molecule has 2 unspecified atom stereocenters. The normalized spacial score (nSPS) is 25.4. The van der Waals surface area contributed by atoms with Gasteiger partial charge in [0.25, 0.3) is 5.56 Å². The van der Waals surface area contributed by atoms with Crippen LogP contribution in [0.15, 0.2) is 17.2 Å². The van der Waals surface area contributed by atoms with Crippen molar-refractivity contribution in [2.45, 2.75) is 26.2 Å². The van der Waals surface area contributed by atoms with E-state index in [-0.39, 0.29) is 5.56 Å². The molecule has 0 aromatic carbocycles. The minimum Gasteiger partial charge on any atom is -0.370 e. The van der Waals surface area contributed by atoms with Crippen molar-refractivity contribution in [3.05, 3.63) is 22.7 Å². The lowest BCUT2D eigenvalue weighted by Crippen LogP contribution is -2.14. The van der Waals surface area contributed by atoms with Crippen molar-refractivity contribution >= 4 is 5.82 Å². The number of nitrogens with one attached hydrogen (secondary N) is 2. The van der Waals surface area contributed by atoms with E-state index in [2.05, 4.69) is 22.2 Å². The van der Waals surface area contributed by atoms with E-state index in [1.54, 1.807) is 0 Å². The first-order chi connectivity index (χ1) is 7.24. The topological polar surface area (TPSA) is 57.8 Å². The van der Waals surface area contributed by atoms with E-state index in [0.717, 1.165) is 18.4 Å². The van der Waals surface area contributed by atoms with E-state index < -0.39 is 0 Å². The molecule has 0 bridgehead atoms. The van der Waals surface area contributed by atoms with Crippen LogP contribution >= 0.6 is 0 Å². The second-order valence-corrected chi connectivity index (χ2v) is 4.46. The van der Waals surface area contributed by atoms with Crippen molar-refractivity contribution in [3.63, 3.8) is 0 Å². The molecular formula is C11H17N3O. The second-order valence-electron chi connectivity index (χ2n) is 4.46.